The van der Waals surface area contributed by atoms with Gasteiger partial charge < -0.3 is 9.88 Å². The van der Waals surface area contributed by atoms with Gasteiger partial charge in [-0.1, -0.05) is 31.4 Å². The van der Waals surface area contributed by atoms with Gasteiger partial charge in [0.25, 0.3) is 0 Å². The van der Waals surface area contributed by atoms with Crippen molar-refractivity contribution in [2.75, 3.05) is 18.0 Å². The first-order chi connectivity index (χ1) is 14.7. The zero-order chi connectivity index (χ0) is 20.6. The van der Waals surface area contributed by atoms with E-state index in [1.54, 1.807) is 12.4 Å². The van der Waals surface area contributed by atoms with Gasteiger partial charge in [0.2, 0.25) is 0 Å². The molecule has 1 aliphatic heterocycles. The molecule has 1 aromatic carbocycles. The van der Waals surface area contributed by atoms with Crippen LogP contribution in [0.5, 0.6) is 0 Å². The van der Waals surface area contributed by atoms with Crippen LogP contribution in [0, 0.1) is 16.7 Å². The second-order valence-corrected chi connectivity index (χ2v) is 8.48. The maximum Gasteiger partial charge on any atom is 0.186 e. The Morgan fingerprint density at radius 1 is 1.13 bits per heavy atom. The van der Waals surface area contributed by atoms with Gasteiger partial charge in [0.15, 0.2) is 11.4 Å². The zero-order valence-corrected chi connectivity index (χ0v) is 17.0. The molecule has 1 N–H and O–H groups in total. The first-order valence-corrected chi connectivity index (χ1v) is 10.9. The van der Waals surface area contributed by atoms with Crippen molar-refractivity contribution in [3.8, 4) is 17.3 Å². The van der Waals surface area contributed by atoms with E-state index in [0.717, 1.165) is 43.6 Å². The summed E-state index contributed by atoms with van der Waals surface area (Å²) in [7, 11) is 0. The molecule has 0 atom stereocenters. The van der Waals surface area contributed by atoms with E-state index in [-0.39, 0.29) is 5.78 Å². The molecule has 5 rings (SSSR count). The normalized spacial score (nSPS) is 18.4. The molecule has 3 heterocycles. The smallest absolute Gasteiger partial charge is 0.186 e. The number of aromatic nitrogens is 3. The highest BCUT2D eigenvalue weighted by Gasteiger charge is 2.41. The molecule has 30 heavy (non-hydrogen) atoms. The summed E-state index contributed by atoms with van der Waals surface area (Å²) in [5.74, 6) is -0.117. The fourth-order valence-corrected chi connectivity index (χ4v) is 4.84. The Hall–Kier alpha value is -3.20. The van der Waals surface area contributed by atoms with Crippen LogP contribution in [0.15, 0.2) is 36.7 Å². The Morgan fingerprint density at radius 3 is 2.70 bits per heavy atom. The Bertz CT molecular complexity index is 1130. The number of rotatable bonds is 4. The molecule has 6 heteroatoms. The van der Waals surface area contributed by atoms with Gasteiger partial charge >= 0.3 is 0 Å². The summed E-state index contributed by atoms with van der Waals surface area (Å²) in [4.78, 5) is 28.2. The summed E-state index contributed by atoms with van der Waals surface area (Å²) in [6.45, 7) is 2.17. The molecule has 6 nitrogen and oxygen atoms in total. The van der Waals surface area contributed by atoms with Crippen LogP contribution in [0.2, 0.25) is 0 Å². The number of fused-ring (bicyclic) bond motifs is 1. The minimum absolute atomic E-state index is 0.117. The quantitative estimate of drug-likeness (QED) is 0.632. The molecule has 1 aliphatic carbocycles. The van der Waals surface area contributed by atoms with Crippen LogP contribution in [-0.2, 0) is 0 Å². The first-order valence-electron chi connectivity index (χ1n) is 10.9. The van der Waals surface area contributed by atoms with Crippen molar-refractivity contribution in [1.29, 1.82) is 5.26 Å². The Kier molecular flexibility index (Phi) is 4.74. The second kappa shape index (κ2) is 7.56. The third-order valence-corrected chi connectivity index (χ3v) is 6.59. The highest BCUT2D eigenvalue weighted by Crippen LogP contribution is 2.39. The molecule has 0 bridgehead atoms. The van der Waals surface area contributed by atoms with E-state index in [4.69, 9.17) is 4.98 Å². The third-order valence-electron chi connectivity index (χ3n) is 6.59. The van der Waals surface area contributed by atoms with Crippen LogP contribution in [-0.4, -0.2) is 33.8 Å². The SMILES string of the molecule is N#CC1(C(=O)c2c[nH]c3ncc(-c4cccc(N5CCCC5)c4)nc23)CCCCC1. The minimum atomic E-state index is -0.930. The van der Waals surface area contributed by atoms with Gasteiger partial charge in [-0.05, 0) is 37.8 Å². The lowest BCUT2D eigenvalue weighted by Gasteiger charge is -2.28. The largest absolute Gasteiger partial charge is 0.372 e. The second-order valence-electron chi connectivity index (χ2n) is 8.48. The van der Waals surface area contributed by atoms with Gasteiger partial charge in [0.05, 0.1) is 23.5 Å². The number of hydrogen-bond acceptors (Lipinski definition) is 5. The molecular weight excluding hydrogens is 374 g/mol. The molecule has 1 saturated carbocycles. The molecule has 1 saturated heterocycles. The predicted molar refractivity (Wildman–Crippen MR) is 116 cm³/mol. The highest BCUT2D eigenvalue weighted by molar-refractivity contribution is 6.10. The topological polar surface area (TPSA) is 85.7 Å². The van der Waals surface area contributed by atoms with E-state index in [9.17, 15) is 10.1 Å². The number of benzene rings is 1. The minimum Gasteiger partial charge on any atom is -0.372 e. The van der Waals surface area contributed by atoms with Crippen molar-refractivity contribution >= 4 is 22.6 Å². The van der Waals surface area contributed by atoms with Crippen LogP contribution < -0.4 is 4.90 Å². The molecule has 0 amide bonds. The van der Waals surface area contributed by atoms with Crippen molar-refractivity contribution in [2.24, 2.45) is 5.41 Å². The summed E-state index contributed by atoms with van der Waals surface area (Å²) < 4.78 is 0. The van der Waals surface area contributed by atoms with E-state index in [1.807, 2.05) is 12.1 Å². The molecule has 2 aliphatic rings. The number of ketones is 1. The molecule has 2 fully saturated rings. The standard InChI is InChI=1S/C24H25N5O/c25-16-24(9-2-1-3-10-24)22(30)19-14-26-23-21(19)28-20(15-27-23)17-7-6-8-18(13-17)29-11-4-5-12-29/h6-8,13-15H,1-5,9-12H2,(H,26,27). The summed E-state index contributed by atoms with van der Waals surface area (Å²) in [6.07, 6.45) is 10.0. The highest BCUT2D eigenvalue weighted by atomic mass is 16.1. The van der Waals surface area contributed by atoms with E-state index in [2.05, 4.69) is 33.1 Å². The van der Waals surface area contributed by atoms with Gasteiger partial charge in [-0.15, -0.1) is 0 Å². The number of carbonyl (C=O) groups is 1. The lowest BCUT2D eigenvalue weighted by molar-refractivity contribution is 0.0811. The number of nitrogens with one attached hydrogen (secondary N) is 1. The summed E-state index contributed by atoms with van der Waals surface area (Å²) in [5.41, 5.74) is 3.63. The molecule has 3 aromatic rings. The fourth-order valence-electron chi connectivity index (χ4n) is 4.84. The van der Waals surface area contributed by atoms with Gasteiger partial charge in [-0.25, -0.2) is 9.97 Å². The maximum atomic E-state index is 13.4. The average Bonchev–Trinajstić information content (AvgIpc) is 3.49. The van der Waals surface area contributed by atoms with Gasteiger partial charge in [-0.2, -0.15) is 5.26 Å². The van der Waals surface area contributed by atoms with Gasteiger partial charge in [0.1, 0.15) is 10.9 Å². The van der Waals surface area contributed by atoms with Crippen LogP contribution in [0.4, 0.5) is 5.69 Å². The van der Waals surface area contributed by atoms with Crippen LogP contribution in [0.1, 0.15) is 55.3 Å². The van der Waals surface area contributed by atoms with E-state index in [0.29, 0.717) is 29.6 Å². The van der Waals surface area contributed by atoms with Crippen LogP contribution in [0.3, 0.4) is 0 Å². The number of anilines is 1. The summed E-state index contributed by atoms with van der Waals surface area (Å²) in [6, 6.07) is 10.7. The molecule has 0 spiro atoms. The molecule has 152 valence electrons. The average molecular weight is 399 g/mol. The maximum absolute atomic E-state index is 13.4. The predicted octanol–water partition coefficient (Wildman–Crippen LogP) is 4.88. The number of H-pyrrole nitrogens is 1. The van der Waals surface area contributed by atoms with Crippen LogP contribution in [0.25, 0.3) is 22.4 Å². The van der Waals surface area contributed by atoms with Crippen molar-refractivity contribution in [3.05, 3.63) is 42.2 Å². The number of aromatic amines is 1. The monoisotopic (exact) mass is 399 g/mol. The van der Waals surface area contributed by atoms with E-state index >= 15 is 0 Å². The molecular formula is C24H25N5O. The van der Waals surface area contributed by atoms with Crippen molar-refractivity contribution < 1.29 is 4.79 Å². The van der Waals surface area contributed by atoms with Gasteiger partial charge in [0, 0.05) is 30.5 Å². The van der Waals surface area contributed by atoms with Crippen molar-refractivity contribution in [1.82, 2.24) is 15.0 Å². The molecule has 0 radical (unpaired) electrons. The summed E-state index contributed by atoms with van der Waals surface area (Å²) in [5, 5.41) is 9.83. The number of nitrogens with zero attached hydrogens (tertiary/aromatic N) is 4. The lowest BCUT2D eigenvalue weighted by atomic mass is 9.71. The van der Waals surface area contributed by atoms with E-state index in [1.165, 1.54) is 18.5 Å². The van der Waals surface area contributed by atoms with Crippen molar-refractivity contribution in [3.63, 3.8) is 0 Å². The van der Waals surface area contributed by atoms with Crippen LogP contribution >= 0.6 is 0 Å². The molecule has 2 aromatic heterocycles. The first kappa shape index (κ1) is 18.8. The number of carbonyl (C=O) groups excluding carboxylic acids is 1. The Labute approximate surface area is 176 Å². The number of nitriles is 1. The van der Waals surface area contributed by atoms with Gasteiger partial charge in [-0.3, -0.25) is 4.79 Å². The summed E-state index contributed by atoms with van der Waals surface area (Å²) >= 11 is 0. The molecule has 0 unspecified atom stereocenters. The van der Waals surface area contributed by atoms with Crippen molar-refractivity contribution in [2.45, 2.75) is 44.9 Å². The number of hydrogen-bond donors (Lipinski definition) is 1. The van der Waals surface area contributed by atoms with E-state index < -0.39 is 5.41 Å². The number of Topliss-reactive ketones (excluding diaryl/α,β-unsaturated/α-hetero) is 1. The Morgan fingerprint density at radius 2 is 1.93 bits per heavy atom. The third kappa shape index (κ3) is 3.15. The Balaban J connectivity index is 1.53. The fraction of sp³-hybridized carbons (Fsp3) is 0.417. The zero-order valence-electron chi connectivity index (χ0n) is 17.0. The lowest BCUT2D eigenvalue weighted by Crippen LogP contribution is -2.32.